The molecule has 1 N–H and O–H groups in total. The van der Waals surface area contributed by atoms with Crippen molar-refractivity contribution < 1.29 is 32.6 Å². The second-order valence-electron chi connectivity index (χ2n) is 6.95. The third-order valence-electron chi connectivity index (χ3n) is 4.40. The molecule has 0 radical (unpaired) electrons. The molecule has 0 saturated heterocycles. The van der Waals surface area contributed by atoms with Crippen LogP contribution in [0.4, 0.5) is 13.6 Å². The lowest BCUT2D eigenvalue weighted by molar-refractivity contribution is -0.160. The van der Waals surface area contributed by atoms with Crippen LogP contribution in [0.1, 0.15) is 19.4 Å². The summed E-state index contributed by atoms with van der Waals surface area (Å²) in [5.41, 5.74) is -2.58. The first-order valence-electron chi connectivity index (χ1n) is 9.41. The van der Waals surface area contributed by atoms with Crippen LogP contribution in [0.3, 0.4) is 0 Å². The first kappa shape index (κ1) is 24.3. The third kappa shape index (κ3) is 6.04. The van der Waals surface area contributed by atoms with Gasteiger partial charge in [0.05, 0.1) is 18.0 Å². The highest BCUT2D eigenvalue weighted by molar-refractivity contribution is 8.14. The van der Waals surface area contributed by atoms with Gasteiger partial charge in [0.15, 0.2) is 0 Å². The zero-order valence-corrected chi connectivity index (χ0v) is 18.1. The van der Waals surface area contributed by atoms with Gasteiger partial charge in [-0.1, -0.05) is 56.3 Å². The first-order valence-corrected chi connectivity index (χ1v) is 10.2. The highest BCUT2D eigenvalue weighted by atomic mass is 32.2. The molecule has 0 aliphatic heterocycles. The summed E-state index contributed by atoms with van der Waals surface area (Å²) in [5, 5.41) is 0.946. The van der Waals surface area contributed by atoms with Gasteiger partial charge in [-0.3, -0.25) is 4.79 Å². The average Bonchev–Trinajstić information content (AvgIpc) is 2.76. The molecule has 0 saturated carbocycles. The molecule has 0 heterocycles. The van der Waals surface area contributed by atoms with Crippen molar-refractivity contribution in [1.29, 1.82) is 0 Å². The number of methoxy groups -OCH3 is 1. The maximum absolute atomic E-state index is 16.0. The largest absolute Gasteiger partial charge is 0.466 e. The maximum atomic E-state index is 16.0. The van der Waals surface area contributed by atoms with Crippen molar-refractivity contribution in [2.75, 3.05) is 7.11 Å². The van der Waals surface area contributed by atoms with E-state index < -0.39 is 40.6 Å². The minimum atomic E-state index is -3.28. The number of amides is 1. The van der Waals surface area contributed by atoms with Gasteiger partial charge in [-0.25, -0.2) is 18.4 Å². The van der Waals surface area contributed by atoms with Crippen LogP contribution < -0.4 is 5.32 Å². The number of ether oxygens (including phenoxy) is 2. The van der Waals surface area contributed by atoms with Gasteiger partial charge in [-0.15, -0.1) is 0 Å². The Labute approximate surface area is 183 Å². The minimum Gasteiger partial charge on any atom is -0.466 e. The Balaban J connectivity index is 2.24. The SMILES string of the molecule is COC(=O)[C@@](F)(C(=O)Sc1ccccc1F)[C@@H](NC(=O)OCc1ccccc1)C(C)C. The highest BCUT2D eigenvalue weighted by Gasteiger charge is 2.56. The highest BCUT2D eigenvalue weighted by Crippen LogP contribution is 2.34. The summed E-state index contributed by atoms with van der Waals surface area (Å²) < 4.78 is 39.5. The Morgan fingerprint density at radius 3 is 2.26 bits per heavy atom. The normalized spacial score (nSPS) is 13.7. The molecule has 0 fully saturated rings. The molecular formula is C22H23F2NO5S. The third-order valence-corrected chi connectivity index (χ3v) is 5.43. The van der Waals surface area contributed by atoms with Gasteiger partial charge in [-0.2, -0.15) is 0 Å². The van der Waals surface area contributed by atoms with E-state index in [4.69, 9.17) is 4.74 Å². The van der Waals surface area contributed by atoms with E-state index in [1.54, 1.807) is 30.3 Å². The number of alkyl halides is 1. The van der Waals surface area contributed by atoms with E-state index in [0.717, 1.165) is 13.2 Å². The molecule has 31 heavy (non-hydrogen) atoms. The quantitative estimate of drug-likeness (QED) is 0.367. The van der Waals surface area contributed by atoms with Gasteiger partial charge < -0.3 is 14.8 Å². The van der Waals surface area contributed by atoms with Gasteiger partial charge in [0.2, 0.25) is 5.12 Å². The predicted molar refractivity (Wildman–Crippen MR) is 112 cm³/mol. The number of carbonyl (C=O) groups excluding carboxylic acids is 3. The fourth-order valence-corrected chi connectivity index (χ4v) is 3.68. The van der Waals surface area contributed by atoms with E-state index in [1.165, 1.54) is 32.0 Å². The molecule has 0 aliphatic rings. The second kappa shape index (κ2) is 10.9. The summed E-state index contributed by atoms with van der Waals surface area (Å²) >= 11 is 0.222. The Morgan fingerprint density at radius 2 is 1.68 bits per heavy atom. The molecular weight excluding hydrogens is 428 g/mol. The van der Waals surface area contributed by atoms with E-state index in [1.807, 2.05) is 0 Å². The monoisotopic (exact) mass is 451 g/mol. The maximum Gasteiger partial charge on any atom is 0.407 e. The zero-order chi connectivity index (χ0) is 23.0. The number of thioether (sulfide) groups is 1. The van der Waals surface area contributed by atoms with Gasteiger partial charge >= 0.3 is 12.1 Å². The van der Waals surface area contributed by atoms with Crippen LogP contribution in [0.15, 0.2) is 59.5 Å². The lowest BCUT2D eigenvalue weighted by Gasteiger charge is -2.32. The standard InChI is InChI=1S/C22H23F2NO5S/c1-14(2)18(25-21(28)30-13-15-9-5-4-6-10-15)22(24,19(26)29-3)20(27)31-17-12-8-7-11-16(17)23/h4-12,14,18H,13H2,1-3H3,(H,25,28)/t18-,22+/m0/s1. The van der Waals surface area contributed by atoms with Crippen LogP contribution in [0.2, 0.25) is 0 Å². The number of hydrogen-bond acceptors (Lipinski definition) is 6. The number of benzene rings is 2. The molecule has 2 atom stereocenters. The summed E-state index contributed by atoms with van der Waals surface area (Å²) in [4.78, 5) is 37.3. The molecule has 2 aromatic carbocycles. The Morgan fingerprint density at radius 1 is 1.06 bits per heavy atom. The summed E-state index contributed by atoms with van der Waals surface area (Å²) in [6.07, 6.45) is -1.02. The molecule has 0 unspecified atom stereocenters. The molecule has 0 aliphatic carbocycles. The number of esters is 1. The van der Waals surface area contributed by atoms with Gasteiger partial charge in [0.25, 0.3) is 5.67 Å². The van der Waals surface area contributed by atoms with Crippen molar-refractivity contribution in [2.45, 2.75) is 37.1 Å². The Hall–Kier alpha value is -2.94. The van der Waals surface area contributed by atoms with Crippen molar-refractivity contribution in [2.24, 2.45) is 5.92 Å². The molecule has 6 nitrogen and oxygen atoms in total. The van der Waals surface area contributed by atoms with Crippen LogP contribution in [0.25, 0.3) is 0 Å². The minimum absolute atomic E-state index is 0.0904. The van der Waals surface area contributed by atoms with E-state index in [0.29, 0.717) is 5.56 Å². The Bertz CT molecular complexity index is 925. The fraction of sp³-hybridized carbons (Fsp3) is 0.318. The lowest BCUT2D eigenvalue weighted by Crippen LogP contribution is -2.61. The van der Waals surface area contributed by atoms with E-state index >= 15 is 4.39 Å². The molecule has 9 heteroatoms. The second-order valence-corrected chi connectivity index (χ2v) is 7.97. The summed E-state index contributed by atoms with van der Waals surface area (Å²) in [6, 6.07) is 12.4. The molecule has 1 amide bonds. The van der Waals surface area contributed by atoms with Crippen LogP contribution in [-0.2, 0) is 25.7 Å². The van der Waals surface area contributed by atoms with E-state index in [9.17, 15) is 18.8 Å². The number of nitrogens with one attached hydrogen (secondary N) is 1. The van der Waals surface area contributed by atoms with Gasteiger partial charge in [-0.05, 0) is 35.4 Å². The number of alkyl carbamates (subject to hydrolysis) is 1. The number of rotatable bonds is 8. The van der Waals surface area contributed by atoms with E-state index in [-0.39, 0.29) is 23.3 Å². The fourth-order valence-electron chi connectivity index (χ4n) is 2.80. The molecule has 0 spiro atoms. The Kier molecular flexibility index (Phi) is 8.56. The van der Waals surface area contributed by atoms with Crippen molar-refractivity contribution in [3.63, 3.8) is 0 Å². The topological polar surface area (TPSA) is 81.7 Å². The van der Waals surface area contributed by atoms with Crippen LogP contribution in [0, 0.1) is 11.7 Å². The van der Waals surface area contributed by atoms with Gasteiger partial charge in [0, 0.05) is 0 Å². The van der Waals surface area contributed by atoms with Gasteiger partial charge in [0.1, 0.15) is 12.4 Å². The smallest absolute Gasteiger partial charge is 0.407 e. The molecule has 0 aromatic heterocycles. The number of halogens is 2. The summed E-state index contributed by atoms with van der Waals surface area (Å²) in [6.45, 7) is 2.94. The number of carbonyl (C=O) groups is 3. The van der Waals surface area contributed by atoms with Crippen LogP contribution in [0.5, 0.6) is 0 Å². The number of hydrogen-bond donors (Lipinski definition) is 1. The zero-order valence-electron chi connectivity index (χ0n) is 17.3. The lowest BCUT2D eigenvalue weighted by atomic mass is 9.88. The summed E-state index contributed by atoms with van der Waals surface area (Å²) in [5.74, 6) is -2.95. The molecule has 166 valence electrons. The average molecular weight is 451 g/mol. The van der Waals surface area contributed by atoms with Crippen LogP contribution >= 0.6 is 11.8 Å². The van der Waals surface area contributed by atoms with Crippen LogP contribution in [-0.4, -0.2) is 36.0 Å². The first-order chi connectivity index (χ1) is 14.7. The van der Waals surface area contributed by atoms with E-state index in [2.05, 4.69) is 10.1 Å². The van der Waals surface area contributed by atoms with Crippen molar-refractivity contribution >= 4 is 28.9 Å². The molecule has 0 bridgehead atoms. The van der Waals surface area contributed by atoms with Crippen molar-refractivity contribution in [1.82, 2.24) is 5.32 Å². The molecule has 2 rings (SSSR count). The van der Waals surface area contributed by atoms with Crippen molar-refractivity contribution in [3.8, 4) is 0 Å². The molecule has 2 aromatic rings. The van der Waals surface area contributed by atoms with Crippen molar-refractivity contribution in [3.05, 3.63) is 66.0 Å². The summed E-state index contributed by atoms with van der Waals surface area (Å²) in [7, 11) is 0.919. The predicted octanol–water partition coefficient (Wildman–Crippen LogP) is 4.28.